The first-order valence-electron chi connectivity index (χ1n) is 0.698. The van der Waals surface area contributed by atoms with Crippen molar-refractivity contribution in [1.82, 2.24) is 0 Å². The number of hydrogen-bond acceptors (Lipinski definition) is 2. The van der Waals surface area contributed by atoms with E-state index in [2.05, 4.69) is 0 Å². The van der Waals surface area contributed by atoms with Crippen LogP contribution in [0.2, 0.25) is 0 Å². The van der Waals surface area contributed by atoms with Crippen LogP contribution in [-0.2, 0) is 10.4 Å². The van der Waals surface area contributed by atoms with E-state index in [1.165, 1.54) is 0 Å². The second-order valence-electron chi connectivity index (χ2n) is 0.448. The molecule has 60 valence electrons. The van der Waals surface area contributed by atoms with E-state index in [1.54, 1.807) is 0 Å². The third-order valence-electron chi connectivity index (χ3n) is 0. The van der Waals surface area contributed by atoms with Gasteiger partial charge in [0.15, 0.2) is 0 Å². The van der Waals surface area contributed by atoms with Crippen LogP contribution < -0.4 is 0 Å². The minimum absolute atomic E-state index is 0. The van der Waals surface area contributed by atoms with E-state index in [0.29, 0.717) is 0 Å². The Morgan fingerprint density at radius 1 is 1.00 bits per heavy atom. The number of hydrogen-bond donors (Lipinski definition) is 2. The second kappa shape index (κ2) is 18.5. The predicted octanol–water partition coefficient (Wildman–Crippen LogP) is -0.277. The van der Waals surface area contributed by atoms with Crippen LogP contribution in [0.4, 0.5) is 0 Å². The van der Waals surface area contributed by atoms with Crippen molar-refractivity contribution in [1.29, 1.82) is 0 Å². The molecule has 0 aromatic heterocycles. The van der Waals surface area contributed by atoms with Gasteiger partial charge in [0.2, 0.25) is 0 Å². The van der Waals surface area contributed by atoms with Crippen molar-refractivity contribution >= 4 is 134 Å². The maximum Gasteiger partial charge on any atom is 2.00 e. The van der Waals surface area contributed by atoms with Gasteiger partial charge in [-0.2, -0.15) is 8.42 Å². The Hall–Kier alpha value is 3.74. The van der Waals surface area contributed by atoms with Crippen molar-refractivity contribution in [2.45, 2.75) is 0 Å². The maximum absolute atomic E-state index is 8.74. The Morgan fingerprint density at radius 2 is 1.00 bits per heavy atom. The maximum atomic E-state index is 8.74. The zero-order valence-electron chi connectivity index (χ0n) is 11.1. The minimum atomic E-state index is -4.67. The summed E-state index contributed by atoms with van der Waals surface area (Å²) in [5.74, 6) is 0. The van der Waals surface area contributed by atoms with Crippen LogP contribution in [0, 0.1) is 0 Å². The molecule has 2 N–H and O–H groups in total. The van der Waals surface area contributed by atoms with E-state index in [4.69, 9.17) is 17.5 Å². The van der Waals surface area contributed by atoms with Crippen molar-refractivity contribution in [3.8, 4) is 0 Å². The first kappa shape index (κ1) is 37.2. The van der Waals surface area contributed by atoms with Crippen LogP contribution >= 0.6 is 24.8 Å². The summed E-state index contributed by atoms with van der Waals surface area (Å²) in [4.78, 5) is 0. The molecule has 0 atom stereocenters. The smallest absolute Gasteiger partial charge is 1.00 e. The van der Waals surface area contributed by atoms with Gasteiger partial charge in [0.05, 0.1) is 0 Å². The van der Waals surface area contributed by atoms with Crippen molar-refractivity contribution in [3.05, 3.63) is 0 Å². The number of halogens is 2. The molecule has 0 unspecified atom stereocenters. The molecule has 0 aromatic carbocycles. The number of rotatable bonds is 0. The molecule has 10 heteroatoms. The van der Waals surface area contributed by atoms with E-state index in [9.17, 15) is 0 Å². The fraction of sp³-hybridized carbons (Fsp3) is 0. The van der Waals surface area contributed by atoms with Crippen molar-refractivity contribution in [2.75, 3.05) is 0 Å². The Kier molecular flexibility index (Phi) is 68.9. The molecule has 0 aliphatic carbocycles. The SMILES string of the molecule is Cl.Cl.O=S(=O)(O)O.[Ca+2].[Ca+2].[H-].[H-].[H-].[H-].[H-].[H-].[Mg+2]. The van der Waals surface area contributed by atoms with Crippen LogP contribution in [0.25, 0.3) is 0 Å². The molecule has 0 radical (unpaired) electrons. The van der Waals surface area contributed by atoms with Crippen LogP contribution in [0.3, 0.4) is 0 Å². The summed E-state index contributed by atoms with van der Waals surface area (Å²) in [5, 5.41) is 0. The molecule has 0 fully saturated rings. The van der Waals surface area contributed by atoms with Gasteiger partial charge in [-0.15, -0.1) is 24.8 Å². The van der Waals surface area contributed by atoms with Gasteiger partial charge in [-0.05, 0) is 0 Å². The molecule has 0 aromatic rings. The average molecular weight is 282 g/mol. The van der Waals surface area contributed by atoms with Crippen molar-refractivity contribution in [2.24, 2.45) is 0 Å². The molecule has 0 spiro atoms. The molecular weight excluding hydrogens is 271 g/mol. The van der Waals surface area contributed by atoms with Crippen LogP contribution in [0.15, 0.2) is 0 Å². The summed E-state index contributed by atoms with van der Waals surface area (Å²) in [7, 11) is -4.67. The van der Waals surface area contributed by atoms with Gasteiger partial charge in [0.1, 0.15) is 0 Å². The van der Waals surface area contributed by atoms with Crippen molar-refractivity contribution in [3.63, 3.8) is 0 Å². The predicted molar refractivity (Wildman–Crippen MR) is 52.6 cm³/mol. The fourth-order valence-electron chi connectivity index (χ4n) is 0. The molecule has 0 heterocycles. The van der Waals surface area contributed by atoms with E-state index in [1.807, 2.05) is 0 Å². The zero-order valence-corrected chi connectivity index (χ0v) is 13.3. The largest absolute Gasteiger partial charge is 2.00 e. The quantitative estimate of drug-likeness (QED) is 0.473. The first-order chi connectivity index (χ1) is 2.00. The second-order valence-corrected chi connectivity index (χ2v) is 1.34. The standard InChI is InChI=1S/2Ca.2ClH.Mg.H2O4S.6H/c;;;;;1-5(2,3)4;;;;;;/h;;2*1H;;(H2,1,2,3,4);;;;;;/q2*+2;;;+2;;6*-1. The van der Waals surface area contributed by atoms with Gasteiger partial charge in [0, 0.05) is 0 Å². The normalized spacial score (nSPS) is 5.80. The van der Waals surface area contributed by atoms with E-state index in [-0.39, 0.29) is 132 Å². The summed E-state index contributed by atoms with van der Waals surface area (Å²) in [6, 6.07) is 0. The summed E-state index contributed by atoms with van der Waals surface area (Å²) in [6.07, 6.45) is 0. The average Bonchev–Trinajstić information content (AvgIpc) is 0.722. The van der Waals surface area contributed by atoms with E-state index in [0.717, 1.165) is 0 Å². The van der Waals surface area contributed by atoms with Gasteiger partial charge >= 0.3 is 109 Å². The fourth-order valence-corrected chi connectivity index (χ4v) is 0. The summed E-state index contributed by atoms with van der Waals surface area (Å²) < 4.78 is 31.6. The topological polar surface area (TPSA) is 74.6 Å². The van der Waals surface area contributed by atoms with Crippen LogP contribution in [-0.4, -0.2) is 116 Å². The van der Waals surface area contributed by atoms with Gasteiger partial charge in [-0.3, -0.25) is 9.11 Å². The molecular formula is H10Ca2Cl2MgO4S. The van der Waals surface area contributed by atoms with Gasteiger partial charge < -0.3 is 8.56 Å². The molecule has 0 rings (SSSR count). The third kappa shape index (κ3) is 96.9. The first-order valence-corrected chi connectivity index (χ1v) is 2.10. The molecule has 0 saturated heterocycles. The van der Waals surface area contributed by atoms with Gasteiger partial charge in [-0.25, -0.2) is 0 Å². The molecule has 0 aliphatic heterocycles. The van der Waals surface area contributed by atoms with Crippen LogP contribution in [0.1, 0.15) is 8.56 Å². The molecule has 0 saturated carbocycles. The molecule has 4 nitrogen and oxygen atoms in total. The summed E-state index contributed by atoms with van der Waals surface area (Å²) >= 11 is 0. The molecule has 0 aliphatic rings. The summed E-state index contributed by atoms with van der Waals surface area (Å²) in [5.41, 5.74) is 0. The van der Waals surface area contributed by atoms with Gasteiger partial charge in [-0.1, -0.05) is 0 Å². The third-order valence-corrected chi connectivity index (χ3v) is 0. The monoisotopic (exact) mass is 280 g/mol. The van der Waals surface area contributed by atoms with Gasteiger partial charge in [0.25, 0.3) is 0 Å². The van der Waals surface area contributed by atoms with Crippen LogP contribution in [0.5, 0.6) is 0 Å². The molecule has 0 amide bonds. The zero-order chi connectivity index (χ0) is 4.50. The van der Waals surface area contributed by atoms with Crippen molar-refractivity contribution < 1.29 is 26.1 Å². The Bertz CT molecular complexity index is 120. The van der Waals surface area contributed by atoms with E-state index < -0.39 is 10.4 Å². The summed E-state index contributed by atoms with van der Waals surface area (Å²) in [6.45, 7) is 0. The molecule has 0 bridgehead atoms. The van der Waals surface area contributed by atoms with E-state index >= 15 is 0 Å². The molecule has 10 heavy (non-hydrogen) atoms. The minimum Gasteiger partial charge on any atom is -1.00 e. The Balaban J connectivity index is -0.00000000145. The Labute approximate surface area is 157 Å². The Morgan fingerprint density at radius 3 is 1.00 bits per heavy atom.